The Hall–Kier alpha value is -1.64. The van der Waals surface area contributed by atoms with Crippen LogP contribution in [0.5, 0.6) is 0 Å². The quantitative estimate of drug-likeness (QED) is 0.760. The number of hydrogen-bond acceptors (Lipinski definition) is 4. The summed E-state index contributed by atoms with van der Waals surface area (Å²) in [6, 6.07) is 7.46. The summed E-state index contributed by atoms with van der Waals surface area (Å²) in [6.07, 6.45) is 0. The SMILES string of the molecule is COC(=O)c1cc(Br)ccc1S(=O)(=O)Nc1ccc(Cl)cc1F. The number of carbonyl (C=O) groups is 1. The zero-order valence-corrected chi connectivity index (χ0v) is 14.8. The monoisotopic (exact) mass is 421 g/mol. The van der Waals surface area contributed by atoms with Gasteiger partial charge in [-0.25, -0.2) is 17.6 Å². The van der Waals surface area contributed by atoms with Crippen molar-refractivity contribution in [1.82, 2.24) is 0 Å². The van der Waals surface area contributed by atoms with Gasteiger partial charge >= 0.3 is 5.97 Å². The summed E-state index contributed by atoms with van der Waals surface area (Å²) in [5.41, 5.74) is -0.461. The Bertz CT molecular complexity index is 873. The number of sulfonamides is 1. The number of hydrogen-bond donors (Lipinski definition) is 1. The lowest BCUT2D eigenvalue weighted by Gasteiger charge is -2.12. The first-order chi connectivity index (χ1) is 10.7. The Morgan fingerprint density at radius 2 is 1.96 bits per heavy atom. The summed E-state index contributed by atoms with van der Waals surface area (Å²) in [6.45, 7) is 0. The molecule has 5 nitrogen and oxygen atoms in total. The van der Waals surface area contributed by atoms with Crippen LogP contribution in [0.25, 0.3) is 0 Å². The van der Waals surface area contributed by atoms with Crippen LogP contribution in [-0.4, -0.2) is 21.5 Å². The molecule has 0 aromatic heterocycles. The Labute approximate surface area is 145 Å². The van der Waals surface area contributed by atoms with Crippen molar-refractivity contribution in [1.29, 1.82) is 0 Å². The number of ether oxygens (including phenoxy) is 1. The van der Waals surface area contributed by atoms with E-state index in [0.29, 0.717) is 4.47 Å². The molecular weight excluding hydrogens is 413 g/mol. The lowest BCUT2D eigenvalue weighted by atomic mass is 10.2. The van der Waals surface area contributed by atoms with Gasteiger partial charge in [0.1, 0.15) is 10.7 Å². The smallest absolute Gasteiger partial charge is 0.339 e. The first-order valence-electron chi connectivity index (χ1n) is 6.10. The zero-order chi connectivity index (χ0) is 17.2. The first-order valence-corrected chi connectivity index (χ1v) is 8.76. The first kappa shape index (κ1) is 17.7. The minimum absolute atomic E-state index is 0.129. The van der Waals surface area contributed by atoms with E-state index in [2.05, 4.69) is 25.4 Å². The summed E-state index contributed by atoms with van der Waals surface area (Å²) in [5.74, 6) is -1.67. The molecule has 0 aliphatic carbocycles. The topological polar surface area (TPSA) is 72.5 Å². The van der Waals surface area contributed by atoms with Crippen molar-refractivity contribution in [3.63, 3.8) is 0 Å². The number of carbonyl (C=O) groups excluding carboxylic acids is 1. The fourth-order valence-corrected chi connectivity index (χ4v) is 3.54. The van der Waals surface area contributed by atoms with Crippen LogP contribution in [0.2, 0.25) is 5.02 Å². The summed E-state index contributed by atoms with van der Waals surface area (Å²) in [4.78, 5) is 11.4. The van der Waals surface area contributed by atoms with Crippen molar-refractivity contribution in [2.45, 2.75) is 4.90 Å². The predicted octanol–water partition coefficient (Wildman–Crippen LogP) is 3.83. The molecule has 0 saturated carbocycles. The van der Waals surface area contributed by atoms with E-state index >= 15 is 0 Å². The standard InChI is InChI=1S/C14H10BrClFNO4S/c1-22-14(19)10-6-8(15)2-5-13(10)23(20,21)18-12-4-3-9(16)7-11(12)17/h2-7,18H,1H3. The summed E-state index contributed by atoms with van der Waals surface area (Å²) < 4.78 is 45.8. The van der Waals surface area contributed by atoms with Gasteiger partial charge in [-0.15, -0.1) is 0 Å². The Balaban J connectivity index is 2.50. The highest BCUT2D eigenvalue weighted by Gasteiger charge is 2.24. The Morgan fingerprint density at radius 3 is 2.57 bits per heavy atom. The average molecular weight is 423 g/mol. The van der Waals surface area contributed by atoms with Gasteiger partial charge in [0.25, 0.3) is 10.0 Å². The molecule has 0 aliphatic rings. The van der Waals surface area contributed by atoms with Crippen LogP contribution < -0.4 is 4.72 Å². The van der Waals surface area contributed by atoms with Gasteiger partial charge in [0.15, 0.2) is 0 Å². The van der Waals surface area contributed by atoms with E-state index in [1.54, 1.807) is 0 Å². The van der Waals surface area contributed by atoms with Gasteiger partial charge in [0.05, 0.1) is 18.4 Å². The number of rotatable bonds is 4. The molecule has 1 N–H and O–H groups in total. The predicted molar refractivity (Wildman–Crippen MR) is 87.7 cm³/mol. The summed E-state index contributed by atoms with van der Waals surface area (Å²) in [5, 5.41) is 0.129. The van der Waals surface area contributed by atoms with E-state index < -0.39 is 21.8 Å². The molecule has 0 spiro atoms. The van der Waals surface area contributed by atoms with E-state index in [1.165, 1.54) is 30.3 Å². The third-order valence-electron chi connectivity index (χ3n) is 2.81. The van der Waals surface area contributed by atoms with Crippen LogP contribution in [0, 0.1) is 5.82 Å². The molecule has 0 fully saturated rings. The van der Waals surface area contributed by atoms with Crippen LogP contribution in [0.15, 0.2) is 45.8 Å². The molecule has 0 bridgehead atoms. The second-order valence-corrected chi connectivity index (χ2v) is 7.36. The highest BCUT2D eigenvalue weighted by atomic mass is 79.9. The molecule has 2 rings (SSSR count). The van der Waals surface area contributed by atoms with Crippen LogP contribution in [0.1, 0.15) is 10.4 Å². The number of nitrogens with one attached hydrogen (secondary N) is 1. The second-order valence-electron chi connectivity index (χ2n) is 4.36. The molecule has 2 aromatic rings. The van der Waals surface area contributed by atoms with Crippen molar-refractivity contribution in [2.24, 2.45) is 0 Å². The molecule has 122 valence electrons. The lowest BCUT2D eigenvalue weighted by molar-refractivity contribution is 0.0596. The molecule has 23 heavy (non-hydrogen) atoms. The van der Waals surface area contributed by atoms with Gasteiger partial charge in [-0.3, -0.25) is 4.72 Å². The van der Waals surface area contributed by atoms with Crippen LogP contribution in [0.3, 0.4) is 0 Å². The normalized spacial score (nSPS) is 11.1. The second kappa shape index (κ2) is 6.86. The highest BCUT2D eigenvalue weighted by molar-refractivity contribution is 9.10. The van der Waals surface area contributed by atoms with Gasteiger partial charge in [-0.05, 0) is 36.4 Å². The molecule has 9 heteroatoms. The summed E-state index contributed by atoms with van der Waals surface area (Å²) in [7, 11) is -3.08. The maximum atomic E-state index is 13.8. The number of anilines is 1. The van der Waals surface area contributed by atoms with Crippen molar-refractivity contribution in [2.75, 3.05) is 11.8 Å². The largest absolute Gasteiger partial charge is 0.465 e. The molecule has 0 atom stereocenters. The number of esters is 1. The van der Waals surface area contributed by atoms with Crippen LogP contribution >= 0.6 is 27.5 Å². The average Bonchev–Trinajstić information content (AvgIpc) is 2.49. The van der Waals surface area contributed by atoms with E-state index in [9.17, 15) is 17.6 Å². The van der Waals surface area contributed by atoms with Crippen molar-refractivity contribution < 1.29 is 22.3 Å². The Kier molecular flexibility index (Phi) is 5.28. The third kappa shape index (κ3) is 4.01. The molecular formula is C14H10BrClFNO4S. The maximum absolute atomic E-state index is 13.8. The van der Waals surface area contributed by atoms with Crippen LogP contribution in [0.4, 0.5) is 10.1 Å². The molecule has 0 saturated heterocycles. The minimum atomic E-state index is -4.21. The van der Waals surface area contributed by atoms with Crippen LogP contribution in [-0.2, 0) is 14.8 Å². The Morgan fingerprint density at radius 1 is 1.26 bits per heavy atom. The van der Waals surface area contributed by atoms with Crippen molar-refractivity contribution in [3.8, 4) is 0 Å². The third-order valence-corrected chi connectivity index (χ3v) is 4.96. The zero-order valence-electron chi connectivity index (χ0n) is 11.6. The molecule has 0 aliphatic heterocycles. The van der Waals surface area contributed by atoms with Crippen molar-refractivity contribution in [3.05, 3.63) is 57.3 Å². The van der Waals surface area contributed by atoms with Gasteiger partial charge in [-0.2, -0.15) is 0 Å². The maximum Gasteiger partial charge on any atom is 0.339 e. The van der Waals surface area contributed by atoms with Gasteiger partial charge < -0.3 is 4.74 Å². The van der Waals surface area contributed by atoms with Gasteiger partial charge in [0.2, 0.25) is 0 Å². The molecule has 0 heterocycles. The number of benzene rings is 2. The molecule has 0 amide bonds. The fraction of sp³-hybridized carbons (Fsp3) is 0.0714. The van der Waals surface area contributed by atoms with E-state index in [0.717, 1.165) is 13.2 Å². The van der Waals surface area contributed by atoms with Crippen molar-refractivity contribution >= 4 is 49.2 Å². The van der Waals surface area contributed by atoms with Gasteiger partial charge in [-0.1, -0.05) is 27.5 Å². The van der Waals surface area contributed by atoms with E-state index in [1.807, 2.05) is 0 Å². The van der Waals surface area contributed by atoms with Gasteiger partial charge in [0, 0.05) is 9.50 Å². The molecule has 2 aromatic carbocycles. The molecule has 0 radical (unpaired) electrons. The minimum Gasteiger partial charge on any atom is -0.465 e. The fourth-order valence-electron chi connectivity index (χ4n) is 1.78. The highest BCUT2D eigenvalue weighted by Crippen LogP contribution is 2.26. The van der Waals surface area contributed by atoms with E-state index in [4.69, 9.17) is 11.6 Å². The van der Waals surface area contributed by atoms with E-state index in [-0.39, 0.29) is 21.2 Å². The number of methoxy groups -OCH3 is 1. The molecule has 0 unspecified atom stereocenters. The lowest BCUT2D eigenvalue weighted by Crippen LogP contribution is -2.18. The summed E-state index contributed by atoms with van der Waals surface area (Å²) >= 11 is 8.77. The number of halogens is 3.